The van der Waals surface area contributed by atoms with E-state index in [0.717, 1.165) is 27.8 Å². The van der Waals surface area contributed by atoms with Crippen LogP contribution < -0.4 is 9.24 Å². The lowest BCUT2D eigenvalue weighted by Gasteiger charge is -2.24. The van der Waals surface area contributed by atoms with E-state index in [2.05, 4.69) is 0 Å². The maximum Gasteiger partial charge on any atom is 0.396 e. The number of aromatic carboxylic acids is 1. The highest BCUT2D eigenvalue weighted by Gasteiger charge is 2.32. The lowest BCUT2D eigenvalue weighted by Crippen LogP contribution is -2.37. The van der Waals surface area contributed by atoms with Crippen LogP contribution in [-0.2, 0) is 14.8 Å². The predicted molar refractivity (Wildman–Crippen MR) is 121 cm³/mol. The summed E-state index contributed by atoms with van der Waals surface area (Å²) in [7, 11) is -4.38. The third kappa shape index (κ3) is 3.67. The van der Waals surface area contributed by atoms with Gasteiger partial charge in [-0.15, -0.1) is 0 Å². The van der Waals surface area contributed by atoms with Crippen molar-refractivity contribution in [2.45, 2.75) is 24.7 Å². The van der Waals surface area contributed by atoms with Gasteiger partial charge in [-0.25, -0.2) is 22.3 Å². The molecule has 1 amide bonds. The van der Waals surface area contributed by atoms with Crippen LogP contribution in [0.3, 0.4) is 0 Å². The van der Waals surface area contributed by atoms with Gasteiger partial charge in [-0.1, -0.05) is 42.5 Å². The Balaban J connectivity index is 2.00. The van der Waals surface area contributed by atoms with Crippen LogP contribution in [0.15, 0.2) is 68.7 Å². The maximum absolute atomic E-state index is 13.6. The average Bonchev–Trinajstić information content (AvgIpc) is 3.14. The van der Waals surface area contributed by atoms with Gasteiger partial charge in [0.25, 0.3) is 10.0 Å². The van der Waals surface area contributed by atoms with Gasteiger partial charge in [0, 0.05) is 17.2 Å². The zero-order valence-electron chi connectivity index (χ0n) is 16.8. The Morgan fingerprint density at radius 2 is 1.72 bits per heavy atom. The third-order valence-corrected chi connectivity index (χ3v) is 7.39. The lowest BCUT2D eigenvalue weighted by molar-refractivity contribution is -0.117. The van der Waals surface area contributed by atoms with E-state index in [1.54, 1.807) is 31.2 Å². The van der Waals surface area contributed by atoms with E-state index in [0.29, 0.717) is 27.5 Å². The molecular weight excluding hydrogens is 454 g/mol. The summed E-state index contributed by atoms with van der Waals surface area (Å²) in [6.45, 7) is 1.76. The fourth-order valence-electron chi connectivity index (χ4n) is 3.44. The van der Waals surface area contributed by atoms with Gasteiger partial charge in [0.2, 0.25) is 5.91 Å². The number of fused-ring (bicyclic) bond motifs is 3. The van der Waals surface area contributed by atoms with Crippen LogP contribution in [0.2, 0.25) is 0 Å². The first-order valence-electron chi connectivity index (χ1n) is 9.61. The summed E-state index contributed by atoms with van der Waals surface area (Å²) in [5, 5.41) is 10.0. The standard InChI is InChI=1S/C22H17NO7S2/c1-2-5-19(24)23(32(28,29)14-10-8-13(9-11-14)21(25)26)17-12-18-20(30-22(27)31-18)16-7-4-3-6-15(16)17/h3-4,6-12H,2,5H2,1H3,(H,25,26). The van der Waals surface area contributed by atoms with Gasteiger partial charge < -0.3 is 9.52 Å². The second-order valence-electron chi connectivity index (χ2n) is 6.97. The van der Waals surface area contributed by atoms with Crippen molar-refractivity contribution in [3.8, 4) is 0 Å². The average molecular weight is 472 g/mol. The summed E-state index contributed by atoms with van der Waals surface area (Å²) in [5.41, 5.74) is 0.349. The maximum atomic E-state index is 13.6. The first-order chi connectivity index (χ1) is 15.2. The SMILES string of the molecule is CCCC(=O)N(c1cc2sc(=O)oc2c2ccccc12)S(=O)(=O)c1ccc(C(=O)O)cc1. The van der Waals surface area contributed by atoms with Crippen molar-refractivity contribution in [1.82, 2.24) is 0 Å². The molecule has 0 radical (unpaired) electrons. The summed E-state index contributed by atoms with van der Waals surface area (Å²) < 4.78 is 33.6. The number of sulfonamides is 1. The van der Waals surface area contributed by atoms with Gasteiger partial charge in [0.05, 0.1) is 20.8 Å². The number of carboxylic acids is 1. The molecule has 0 bridgehead atoms. The van der Waals surface area contributed by atoms with Gasteiger partial charge in [-0.2, -0.15) is 0 Å². The number of nitrogens with zero attached hydrogens (tertiary/aromatic N) is 1. The van der Waals surface area contributed by atoms with Gasteiger partial charge in [-0.05, 0) is 36.8 Å². The Kier molecular flexibility index (Phi) is 5.57. The van der Waals surface area contributed by atoms with E-state index in [1.807, 2.05) is 0 Å². The largest absolute Gasteiger partial charge is 0.478 e. The Hall–Kier alpha value is -3.50. The van der Waals surface area contributed by atoms with Gasteiger partial charge in [-0.3, -0.25) is 4.79 Å². The van der Waals surface area contributed by atoms with Crippen LogP contribution in [-0.4, -0.2) is 25.4 Å². The quantitative estimate of drug-likeness (QED) is 0.446. The van der Waals surface area contributed by atoms with Gasteiger partial charge in [0.1, 0.15) is 0 Å². The highest BCUT2D eigenvalue weighted by Crippen LogP contribution is 2.38. The molecule has 0 atom stereocenters. The Bertz CT molecular complexity index is 1520. The molecule has 4 aromatic rings. The van der Waals surface area contributed by atoms with E-state index in [9.17, 15) is 22.8 Å². The number of carbonyl (C=O) groups is 2. The Labute approximate surface area is 186 Å². The Morgan fingerprint density at radius 3 is 2.34 bits per heavy atom. The molecule has 3 aromatic carbocycles. The van der Waals surface area contributed by atoms with Crippen molar-refractivity contribution >= 4 is 60.0 Å². The zero-order chi connectivity index (χ0) is 23.0. The van der Waals surface area contributed by atoms with Crippen molar-refractivity contribution in [3.63, 3.8) is 0 Å². The van der Waals surface area contributed by atoms with E-state index in [4.69, 9.17) is 9.52 Å². The molecule has 4 rings (SSSR count). The van der Waals surface area contributed by atoms with Crippen LogP contribution >= 0.6 is 11.3 Å². The molecule has 8 nitrogen and oxygen atoms in total. The third-order valence-electron chi connectivity index (χ3n) is 4.87. The minimum atomic E-state index is -4.38. The fraction of sp³-hybridized carbons (Fsp3) is 0.136. The van der Waals surface area contributed by atoms with Crippen LogP contribution in [0, 0.1) is 0 Å². The molecule has 0 spiro atoms. The van der Waals surface area contributed by atoms with Crippen LogP contribution in [0.4, 0.5) is 5.69 Å². The molecule has 1 aromatic heterocycles. The minimum Gasteiger partial charge on any atom is -0.478 e. The topological polar surface area (TPSA) is 122 Å². The normalized spacial score (nSPS) is 11.7. The smallest absolute Gasteiger partial charge is 0.396 e. The lowest BCUT2D eigenvalue weighted by atomic mass is 10.1. The van der Waals surface area contributed by atoms with E-state index in [1.165, 1.54) is 18.2 Å². The van der Waals surface area contributed by atoms with Crippen molar-refractivity contribution in [2.24, 2.45) is 0 Å². The number of anilines is 1. The molecule has 164 valence electrons. The van der Waals surface area contributed by atoms with E-state index >= 15 is 0 Å². The van der Waals surface area contributed by atoms with Crippen molar-refractivity contribution in [1.29, 1.82) is 0 Å². The summed E-state index contributed by atoms with van der Waals surface area (Å²) in [4.78, 5) is 35.3. The molecule has 0 saturated carbocycles. The molecule has 1 N–H and O–H groups in total. The Morgan fingerprint density at radius 1 is 1.06 bits per heavy atom. The number of benzene rings is 3. The molecule has 0 aliphatic rings. The summed E-state index contributed by atoms with van der Waals surface area (Å²) in [5.74, 6) is -1.84. The number of hydrogen-bond donors (Lipinski definition) is 1. The number of carbonyl (C=O) groups excluding carboxylic acids is 1. The molecule has 0 fully saturated rings. The van der Waals surface area contributed by atoms with Crippen LogP contribution in [0.5, 0.6) is 0 Å². The highest BCUT2D eigenvalue weighted by atomic mass is 32.2. The minimum absolute atomic E-state index is 0.0274. The van der Waals surface area contributed by atoms with Crippen LogP contribution in [0.25, 0.3) is 21.1 Å². The van der Waals surface area contributed by atoms with Crippen molar-refractivity contribution < 1.29 is 27.5 Å². The second kappa shape index (κ2) is 8.21. The van der Waals surface area contributed by atoms with Gasteiger partial charge >= 0.3 is 10.9 Å². The fourth-order valence-corrected chi connectivity index (χ4v) is 5.62. The van der Waals surface area contributed by atoms with Crippen LogP contribution in [0.1, 0.15) is 30.1 Å². The first-order valence-corrected chi connectivity index (χ1v) is 11.9. The van der Waals surface area contributed by atoms with E-state index in [-0.39, 0.29) is 22.6 Å². The number of hydrogen-bond acceptors (Lipinski definition) is 7. The molecule has 0 unspecified atom stereocenters. The number of rotatable bonds is 6. The summed E-state index contributed by atoms with van der Waals surface area (Å²) >= 11 is 0.815. The zero-order valence-corrected chi connectivity index (χ0v) is 18.4. The van der Waals surface area contributed by atoms with Crippen molar-refractivity contribution in [2.75, 3.05) is 4.31 Å². The number of amides is 1. The van der Waals surface area contributed by atoms with E-state index < -0.39 is 26.8 Å². The van der Waals surface area contributed by atoms with Gasteiger partial charge in [0.15, 0.2) is 5.58 Å². The molecular formula is C22H17NO7S2. The summed E-state index contributed by atoms with van der Waals surface area (Å²) in [6.07, 6.45) is 0.391. The molecule has 0 aliphatic heterocycles. The monoisotopic (exact) mass is 471 g/mol. The molecule has 0 saturated heterocycles. The molecule has 10 heteroatoms. The molecule has 0 aliphatic carbocycles. The number of carboxylic acid groups (broad SMARTS) is 1. The summed E-state index contributed by atoms with van der Waals surface area (Å²) in [6, 6.07) is 12.9. The second-order valence-corrected chi connectivity index (χ2v) is 9.73. The first kappa shape index (κ1) is 21.7. The molecule has 32 heavy (non-hydrogen) atoms. The highest BCUT2D eigenvalue weighted by molar-refractivity contribution is 7.93. The molecule has 1 heterocycles. The van der Waals surface area contributed by atoms with Crippen molar-refractivity contribution in [3.05, 3.63) is 69.9 Å². The predicted octanol–water partition coefficient (Wildman–Crippen LogP) is 4.23.